The molecule has 4 heteroatoms. The van der Waals surface area contributed by atoms with Crippen molar-refractivity contribution in [3.05, 3.63) is 23.8 Å². The molecule has 0 spiro atoms. The van der Waals surface area contributed by atoms with E-state index in [-0.39, 0.29) is 12.6 Å². The Labute approximate surface area is 108 Å². The number of rotatable bonds is 6. The molecule has 0 aromatic heterocycles. The molecule has 2 N–H and O–H groups in total. The van der Waals surface area contributed by atoms with Gasteiger partial charge in [0.2, 0.25) is 6.79 Å². The predicted molar refractivity (Wildman–Crippen MR) is 69.9 cm³/mol. The zero-order valence-corrected chi connectivity index (χ0v) is 11.0. The minimum absolute atomic E-state index is 0.254. The van der Waals surface area contributed by atoms with E-state index in [9.17, 15) is 0 Å². The Morgan fingerprint density at radius 2 is 2.06 bits per heavy atom. The monoisotopic (exact) mass is 251 g/mol. The molecule has 1 aliphatic rings. The molecule has 0 radical (unpaired) electrons. The molecule has 2 unspecified atom stereocenters. The summed E-state index contributed by atoms with van der Waals surface area (Å²) >= 11 is 0. The molecular formula is C14H21NO3. The lowest BCUT2D eigenvalue weighted by molar-refractivity contribution is 0.174. The van der Waals surface area contributed by atoms with Crippen LogP contribution in [0, 0.1) is 0 Å². The minimum Gasteiger partial charge on any atom is -0.454 e. The summed E-state index contributed by atoms with van der Waals surface area (Å²) in [5.74, 6) is 1.64. The van der Waals surface area contributed by atoms with E-state index in [4.69, 9.17) is 14.6 Å². The maximum Gasteiger partial charge on any atom is 0.231 e. The highest BCUT2D eigenvalue weighted by Gasteiger charge is 2.16. The summed E-state index contributed by atoms with van der Waals surface area (Å²) in [7, 11) is 0. The zero-order chi connectivity index (χ0) is 13.0. The van der Waals surface area contributed by atoms with E-state index in [0.29, 0.717) is 12.8 Å². The van der Waals surface area contributed by atoms with Gasteiger partial charge in [-0.3, -0.25) is 0 Å². The molecule has 1 aliphatic heterocycles. The molecule has 0 saturated carbocycles. The fraction of sp³-hybridized carbons (Fsp3) is 0.571. The van der Waals surface area contributed by atoms with Crippen LogP contribution >= 0.6 is 0 Å². The molecule has 4 nitrogen and oxygen atoms in total. The predicted octanol–water partition coefficient (Wildman–Crippen LogP) is 2.23. The Kier molecular flexibility index (Phi) is 4.44. The van der Waals surface area contributed by atoms with Crippen LogP contribution in [0.1, 0.15) is 38.3 Å². The number of hydrogen-bond donors (Lipinski definition) is 2. The van der Waals surface area contributed by atoms with Crippen molar-refractivity contribution in [2.45, 2.75) is 38.8 Å². The van der Waals surface area contributed by atoms with E-state index in [2.05, 4.69) is 25.2 Å². The molecule has 18 heavy (non-hydrogen) atoms. The van der Waals surface area contributed by atoms with Gasteiger partial charge >= 0.3 is 0 Å². The second kappa shape index (κ2) is 6.07. The van der Waals surface area contributed by atoms with Crippen LogP contribution in [0.5, 0.6) is 11.5 Å². The third-order valence-electron chi connectivity index (χ3n) is 3.23. The van der Waals surface area contributed by atoms with Crippen LogP contribution in [0.2, 0.25) is 0 Å². The molecular weight excluding hydrogens is 230 g/mol. The first-order valence-corrected chi connectivity index (χ1v) is 6.47. The van der Waals surface area contributed by atoms with Gasteiger partial charge in [-0.1, -0.05) is 6.07 Å². The van der Waals surface area contributed by atoms with Gasteiger partial charge in [0, 0.05) is 18.7 Å². The molecule has 2 atom stereocenters. The number of hydrogen-bond acceptors (Lipinski definition) is 4. The highest BCUT2D eigenvalue weighted by atomic mass is 16.7. The lowest BCUT2D eigenvalue weighted by Gasteiger charge is -2.20. The van der Waals surface area contributed by atoms with E-state index in [1.807, 2.05) is 12.1 Å². The maximum atomic E-state index is 8.81. The first-order valence-electron chi connectivity index (χ1n) is 6.47. The van der Waals surface area contributed by atoms with Gasteiger partial charge in [-0.2, -0.15) is 0 Å². The highest BCUT2D eigenvalue weighted by Crippen LogP contribution is 2.34. The van der Waals surface area contributed by atoms with E-state index in [0.717, 1.165) is 24.3 Å². The summed E-state index contributed by atoms with van der Waals surface area (Å²) in [6.45, 7) is 4.84. The van der Waals surface area contributed by atoms with Gasteiger partial charge in [-0.25, -0.2) is 0 Å². The molecule has 0 saturated heterocycles. The SMILES string of the molecule is CC(CCCO)NC(C)c1ccc2c(c1)OCO2. The molecule has 1 aromatic rings. The van der Waals surface area contributed by atoms with E-state index in [1.54, 1.807) is 0 Å². The van der Waals surface area contributed by atoms with Crippen LogP contribution in [0.3, 0.4) is 0 Å². The molecule has 2 rings (SSSR count). The topological polar surface area (TPSA) is 50.7 Å². The van der Waals surface area contributed by atoms with Crippen molar-refractivity contribution >= 4 is 0 Å². The maximum absolute atomic E-state index is 8.81. The summed E-state index contributed by atoms with van der Waals surface area (Å²) in [6, 6.07) is 6.68. The van der Waals surface area contributed by atoms with E-state index >= 15 is 0 Å². The van der Waals surface area contributed by atoms with E-state index < -0.39 is 0 Å². The van der Waals surface area contributed by atoms with Crippen LogP contribution in [0.25, 0.3) is 0 Å². The molecule has 1 heterocycles. The Morgan fingerprint density at radius 3 is 2.83 bits per heavy atom. The molecule has 0 fully saturated rings. The first kappa shape index (κ1) is 13.2. The Bertz CT molecular complexity index is 395. The number of fused-ring (bicyclic) bond motifs is 1. The van der Waals surface area contributed by atoms with Gasteiger partial charge < -0.3 is 19.9 Å². The van der Waals surface area contributed by atoms with Gasteiger partial charge in [0.15, 0.2) is 11.5 Å². The van der Waals surface area contributed by atoms with Gasteiger partial charge in [0.1, 0.15) is 0 Å². The molecule has 0 aliphatic carbocycles. The molecule has 0 amide bonds. The second-order valence-electron chi connectivity index (χ2n) is 4.77. The van der Waals surface area contributed by atoms with Crippen molar-refractivity contribution in [2.75, 3.05) is 13.4 Å². The number of nitrogens with one attached hydrogen (secondary N) is 1. The number of ether oxygens (including phenoxy) is 2. The normalized spacial score (nSPS) is 16.6. The van der Waals surface area contributed by atoms with Crippen LogP contribution in [-0.2, 0) is 0 Å². The fourth-order valence-electron chi connectivity index (χ4n) is 2.19. The Morgan fingerprint density at radius 1 is 1.28 bits per heavy atom. The second-order valence-corrected chi connectivity index (χ2v) is 4.77. The first-order chi connectivity index (χ1) is 8.70. The van der Waals surface area contributed by atoms with Crippen molar-refractivity contribution in [3.8, 4) is 11.5 Å². The van der Waals surface area contributed by atoms with Crippen LogP contribution in [0.15, 0.2) is 18.2 Å². The summed E-state index contributed by atoms with van der Waals surface area (Å²) in [6.07, 6.45) is 1.81. The molecule has 0 bridgehead atoms. The van der Waals surface area contributed by atoms with Crippen LogP contribution in [-0.4, -0.2) is 24.5 Å². The average Bonchev–Trinajstić information content (AvgIpc) is 2.83. The smallest absolute Gasteiger partial charge is 0.231 e. The molecule has 100 valence electrons. The van der Waals surface area contributed by atoms with Gasteiger partial charge in [-0.05, 0) is 44.4 Å². The standard InChI is InChI=1S/C14H21NO3/c1-10(4-3-7-16)15-11(2)12-5-6-13-14(8-12)18-9-17-13/h5-6,8,10-11,15-16H,3-4,7,9H2,1-2H3. The number of aliphatic hydroxyl groups excluding tert-OH is 1. The van der Waals surface area contributed by atoms with Crippen molar-refractivity contribution in [2.24, 2.45) is 0 Å². The lowest BCUT2D eigenvalue weighted by atomic mass is 10.1. The summed E-state index contributed by atoms with van der Waals surface area (Å²) < 4.78 is 10.7. The van der Waals surface area contributed by atoms with Crippen molar-refractivity contribution in [1.29, 1.82) is 0 Å². The van der Waals surface area contributed by atoms with Crippen molar-refractivity contribution in [1.82, 2.24) is 5.32 Å². The van der Waals surface area contributed by atoms with Crippen molar-refractivity contribution in [3.63, 3.8) is 0 Å². The van der Waals surface area contributed by atoms with Crippen LogP contribution < -0.4 is 14.8 Å². The highest BCUT2D eigenvalue weighted by molar-refractivity contribution is 5.45. The fourth-order valence-corrected chi connectivity index (χ4v) is 2.19. The number of benzene rings is 1. The number of aliphatic hydroxyl groups is 1. The summed E-state index contributed by atoms with van der Waals surface area (Å²) in [5, 5.41) is 12.3. The Balaban J connectivity index is 1.94. The zero-order valence-electron chi connectivity index (χ0n) is 11.0. The molecule has 1 aromatic carbocycles. The van der Waals surface area contributed by atoms with Crippen molar-refractivity contribution < 1.29 is 14.6 Å². The quantitative estimate of drug-likeness (QED) is 0.814. The average molecular weight is 251 g/mol. The van der Waals surface area contributed by atoms with Crippen LogP contribution in [0.4, 0.5) is 0 Å². The third-order valence-corrected chi connectivity index (χ3v) is 3.23. The van der Waals surface area contributed by atoms with E-state index in [1.165, 1.54) is 5.56 Å². The largest absolute Gasteiger partial charge is 0.454 e. The van der Waals surface area contributed by atoms with Gasteiger partial charge in [0.05, 0.1) is 0 Å². The third kappa shape index (κ3) is 3.15. The Hall–Kier alpha value is -1.26. The summed E-state index contributed by atoms with van der Waals surface area (Å²) in [5.41, 5.74) is 1.19. The van der Waals surface area contributed by atoms with Gasteiger partial charge in [-0.15, -0.1) is 0 Å². The lowest BCUT2D eigenvalue weighted by Crippen LogP contribution is -2.29. The van der Waals surface area contributed by atoms with Gasteiger partial charge in [0.25, 0.3) is 0 Å². The summed E-state index contributed by atoms with van der Waals surface area (Å²) in [4.78, 5) is 0. The minimum atomic E-state index is 0.254.